The Hall–Kier alpha value is -3.12. The largest absolute Gasteiger partial charge is 0.448 e. The quantitative estimate of drug-likeness (QED) is 0.733. The van der Waals surface area contributed by atoms with Gasteiger partial charge in [0.05, 0.1) is 18.0 Å². The molecule has 0 spiro atoms. The Morgan fingerprint density at radius 1 is 1.14 bits per heavy atom. The topological polar surface area (TPSA) is 78.5 Å². The van der Waals surface area contributed by atoms with Crippen molar-refractivity contribution in [2.45, 2.75) is 25.4 Å². The van der Waals surface area contributed by atoms with Crippen molar-refractivity contribution in [2.24, 2.45) is 0 Å². The van der Waals surface area contributed by atoms with Gasteiger partial charge >= 0.3 is 6.09 Å². The average molecular weight is 375 g/mol. The summed E-state index contributed by atoms with van der Waals surface area (Å²) in [6, 6.07) is 16.6. The van der Waals surface area contributed by atoms with Crippen molar-refractivity contribution in [3.05, 3.63) is 71.0 Å². The fourth-order valence-corrected chi connectivity index (χ4v) is 4.40. The summed E-state index contributed by atoms with van der Waals surface area (Å²) >= 11 is 0. The Morgan fingerprint density at radius 2 is 1.82 bits per heavy atom. The zero-order valence-electron chi connectivity index (χ0n) is 15.4. The molecule has 142 valence electrons. The number of nitrogens with one attached hydrogen (secondary N) is 1. The van der Waals surface area contributed by atoms with Gasteiger partial charge in [-0.1, -0.05) is 48.5 Å². The van der Waals surface area contributed by atoms with Gasteiger partial charge in [-0.15, -0.1) is 0 Å². The first kappa shape index (κ1) is 17.0. The number of anilines is 1. The van der Waals surface area contributed by atoms with Crippen molar-refractivity contribution >= 4 is 11.8 Å². The minimum atomic E-state index is -0.390. The van der Waals surface area contributed by atoms with E-state index in [4.69, 9.17) is 4.74 Å². The number of benzene rings is 2. The molecule has 1 amide bonds. The molecule has 2 aromatic carbocycles. The number of aliphatic hydroxyl groups excluding tert-OH is 1. The van der Waals surface area contributed by atoms with Crippen molar-refractivity contribution in [2.75, 3.05) is 18.1 Å². The molecule has 1 aromatic heterocycles. The number of nitrogens with zero attached hydrogens (tertiary/aromatic N) is 2. The van der Waals surface area contributed by atoms with Gasteiger partial charge < -0.3 is 9.84 Å². The molecule has 1 aliphatic heterocycles. The molecule has 2 aliphatic rings. The maximum Gasteiger partial charge on any atom is 0.414 e. The fraction of sp³-hybridized carbons (Fsp3) is 0.273. The smallest absolute Gasteiger partial charge is 0.414 e. The van der Waals surface area contributed by atoms with Crippen molar-refractivity contribution in [1.82, 2.24) is 10.2 Å². The van der Waals surface area contributed by atoms with Crippen LogP contribution in [0.5, 0.6) is 0 Å². The van der Waals surface area contributed by atoms with Crippen LogP contribution in [0.4, 0.5) is 10.5 Å². The fourth-order valence-electron chi connectivity index (χ4n) is 4.40. The number of amides is 1. The van der Waals surface area contributed by atoms with Gasteiger partial charge in [-0.25, -0.2) is 4.79 Å². The molecule has 6 nitrogen and oxygen atoms in total. The van der Waals surface area contributed by atoms with Crippen LogP contribution in [-0.2, 0) is 17.8 Å². The number of rotatable bonds is 3. The average Bonchev–Trinajstić information content (AvgIpc) is 3.31. The molecule has 1 aliphatic carbocycles. The van der Waals surface area contributed by atoms with Gasteiger partial charge in [-0.2, -0.15) is 5.10 Å². The van der Waals surface area contributed by atoms with Crippen LogP contribution >= 0.6 is 0 Å². The first-order valence-corrected chi connectivity index (χ1v) is 9.57. The number of aliphatic hydroxyl groups is 1. The third-order valence-electron chi connectivity index (χ3n) is 5.67. The molecule has 0 unspecified atom stereocenters. The van der Waals surface area contributed by atoms with E-state index in [1.165, 1.54) is 22.3 Å². The summed E-state index contributed by atoms with van der Waals surface area (Å²) in [5, 5.41) is 16.6. The van der Waals surface area contributed by atoms with Crippen LogP contribution in [-0.4, -0.2) is 34.5 Å². The van der Waals surface area contributed by atoms with E-state index in [1.54, 1.807) is 4.90 Å². The Kier molecular flexibility index (Phi) is 4.13. The molecule has 5 rings (SSSR count). The second-order valence-corrected chi connectivity index (χ2v) is 7.21. The number of H-pyrrole nitrogens is 1. The Balaban J connectivity index is 1.39. The number of ether oxygens (including phenoxy) is 1. The van der Waals surface area contributed by atoms with Gasteiger partial charge in [0.1, 0.15) is 12.3 Å². The minimum Gasteiger partial charge on any atom is -0.448 e. The minimum absolute atomic E-state index is 0.0299. The summed E-state index contributed by atoms with van der Waals surface area (Å²) < 4.78 is 5.77. The maximum atomic E-state index is 12.9. The lowest BCUT2D eigenvalue weighted by Crippen LogP contribution is -2.37. The monoisotopic (exact) mass is 375 g/mol. The molecule has 3 aromatic rings. The number of hydrogen-bond donors (Lipinski definition) is 2. The normalized spacial score (nSPS) is 15.1. The number of aromatic nitrogens is 2. The zero-order valence-corrected chi connectivity index (χ0v) is 15.4. The van der Waals surface area contributed by atoms with Gasteiger partial charge in [0.25, 0.3) is 0 Å². The second kappa shape index (κ2) is 6.80. The number of aryl methyl sites for hydroxylation is 1. The molecule has 2 N–H and O–H groups in total. The molecule has 0 saturated carbocycles. The molecular weight excluding hydrogens is 354 g/mol. The lowest BCUT2D eigenvalue weighted by Gasteiger charge is -2.27. The van der Waals surface area contributed by atoms with E-state index in [0.717, 1.165) is 18.5 Å². The third-order valence-corrected chi connectivity index (χ3v) is 5.67. The summed E-state index contributed by atoms with van der Waals surface area (Å²) in [4.78, 5) is 14.5. The molecule has 28 heavy (non-hydrogen) atoms. The van der Waals surface area contributed by atoms with Crippen LogP contribution in [0.25, 0.3) is 11.1 Å². The van der Waals surface area contributed by atoms with Crippen LogP contribution in [0, 0.1) is 0 Å². The van der Waals surface area contributed by atoms with Crippen molar-refractivity contribution < 1.29 is 14.6 Å². The lowest BCUT2D eigenvalue weighted by molar-refractivity contribution is 0.149. The summed E-state index contributed by atoms with van der Waals surface area (Å²) in [6.07, 6.45) is 1.26. The molecule has 0 fully saturated rings. The van der Waals surface area contributed by atoms with E-state index < -0.39 is 0 Å². The zero-order chi connectivity index (χ0) is 19.1. The van der Waals surface area contributed by atoms with Crippen molar-refractivity contribution in [3.8, 4) is 11.1 Å². The van der Waals surface area contributed by atoms with Crippen LogP contribution in [0.3, 0.4) is 0 Å². The van der Waals surface area contributed by atoms with Crippen LogP contribution < -0.4 is 4.90 Å². The Morgan fingerprint density at radius 3 is 2.50 bits per heavy atom. The molecule has 2 heterocycles. The first-order valence-electron chi connectivity index (χ1n) is 9.57. The van der Waals surface area contributed by atoms with E-state index in [1.807, 2.05) is 24.3 Å². The van der Waals surface area contributed by atoms with Crippen molar-refractivity contribution in [1.29, 1.82) is 0 Å². The highest BCUT2D eigenvalue weighted by atomic mass is 16.6. The second-order valence-electron chi connectivity index (χ2n) is 7.21. The highest BCUT2D eigenvalue weighted by molar-refractivity contribution is 5.90. The first-order chi connectivity index (χ1) is 13.8. The summed E-state index contributed by atoms with van der Waals surface area (Å²) in [5.41, 5.74) is 6.83. The molecule has 0 bridgehead atoms. The third kappa shape index (κ3) is 2.60. The van der Waals surface area contributed by atoms with Crippen LogP contribution in [0.2, 0.25) is 0 Å². The van der Waals surface area contributed by atoms with Crippen LogP contribution in [0.15, 0.2) is 48.5 Å². The van der Waals surface area contributed by atoms with E-state index in [0.29, 0.717) is 17.9 Å². The number of hydrogen-bond acceptors (Lipinski definition) is 4. The SMILES string of the molecule is O=C(OCC1c2ccccc2-c2ccccc21)N1CCCc2[nH]nc(CO)c21. The van der Waals surface area contributed by atoms with E-state index in [9.17, 15) is 9.90 Å². The maximum absolute atomic E-state index is 12.9. The van der Waals surface area contributed by atoms with Crippen molar-refractivity contribution in [3.63, 3.8) is 0 Å². The van der Waals surface area contributed by atoms with Gasteiger partial charge in [0.15, 0.2) is 0 Å². The predicted octanol–water partition coefficient (Wildman–Crippen LogP) is 3.60. The number of carbonyl (C=O) groups is 1. The number of fused-ring (bicyclic) bond motifs is 4. The van der Waals surface area contributed by atoms with Gasteiger partial charge in [-0.05, 0) is 35.1 Å². The van der Waals surface area contributed by atoms with Crippen LogP contribution in [0.1, 0.15) is 34.9 Å². The van der Waals surface area contributed by atoms with E-state index in [-0.39, 0.29) is 25.2 Å². The Bertz CT molecular complexity index is 984. The number of carbonyl (C=O) groups excluding carboxylic acids is 1. The summed E-state index contributed by atoms with van der Waals surface area (Å²) in [5.74, 6) is 0.0299. The highest BCUT2D eigenvalue weighted by Gasteiger charge is 2.32. The van der Waals surface area contributed by atoms with Gasteiger partial charge in [0, 0.05) is 12.5 Å². The lowest BCUT2D eigenvalue weighted by atomic mass is 9.98. The number of aromatic amines is 1. The van der Waals surface area contributed by atoms with Gasteiger partial charge in [-0.3, -0.25) is 10.00 Å². The highest BCUT2D eigenvalue weighted by Crippen LogP contribution is 2.44. The molecule has 0 radical (unpaired) electrons. The molecular formula is C22H21N3O3. The molecule has 0 saturated heterocycles. The van der Waals surface area contributed by atoms with E-state index >= 15 is 0 Å². The summed E-state index contributed by atoms with van der Waals surface area (Å²) in [7, 11) is 0. The van der Waals surface area contributed by atoms with Gasteiger partial charge in [0.2, 0.25) is 0 Å². The molecule has 0 atom stereocenters. The Labute approximate surface area is 162 Å². The summed E-state index contributed by atoms with van der Waals surface area (Å²) in [6.45, 7) is 0.639. The van der Waals surface area contributed by atoms with E-state index in [2.05, 4.69) is 34.5 Å². The molecule has 6 heteroatoms. The predicted molar refractivity (Wildman–Crippen MR) is 105 cm³/mol. The standard InChI is InChI=1S/C22H21N3O3/c26-12-20-21-19(23-24-20)10-5-11-25(21)22(27)28-13-18-16-8-3-1-6-14(16)15-7-2-4-9-17(15)18/h1-4,6-9,18,26H,5,10-13H2,(H,23,24).